The molecule has 0 unspecified atom stereocenters. The maximum atomic E-state index is 2.53. The first kappa shape index (κ1) is 30.4. The number of nitrogens with zero attached hydrogens (tertiary/aromatic N) is 4. The average Bonchev–Trinajstić information content (AvgIpc) is 4.07. The van der Waals surface area contributed by atoms with E-state index in [0.29, 0.717) is 0 Å². The Morgan fingerprint density at radius 3 is 1.34 bits per heavy atom. The highest BCUT2D eigenvalue weighted by molar-refractivity contribution is 6.31. The van der Waals surface area contributed by atoms with Crippen molar-refractivity contribution in [1.29, 1.82) is 0 Å². The Bertz CT molecular complexity index is 3870. The van der Waals surface area contributed by atoms with Crippen LogP contribution >= 0.6 is 0 Å². The van der Waals surface area contributed by atoms with E-state index in [0.717, 1.165) is 11.4 Å². The predicted octanol–water partition coefficient (Wildman–Crippen LogP) is 14.6. The Balaban J connectivity index is 1.13. The lowest BCUT2D eigenvalue weighted by Gasteiger charge is -2.26. The molecule has 0 fully saturated rings. The first-order valence-electron chi connectivity index (χ1n) is 20.0. The highest BCUT2D eigenvalue weighted by atomic mass is 15.1. The van der Waals surface area contributed by atoms with E-state index in [4.69, 9.17) is 0 Å². The molecule has 0 aliphatic heterocycles. The van der Waals surface area contributed by atoms with Gasteiger partial charge in [-0.1, -0.05) is 115 Å². The van der Waals surface area contributed by atoms with Crippen LogP contribution in [0.25, 0.3) is 104 Å². The van der Waals surface area contributed by atoms with Gasteiger partial charge in [-0.3, -0.25) is 0 Å². The molecule has 0 bridgehead atoms. The number of hydrogen-bond donors (Lipinski definition) is 0. The van der Waals surface area contributed by atoms with Crippen molar-refractivity contribution in [3.8, 4) is 5.69 Å². The molecule has 0 radical (unpaired) electrons. The SMILES string of the molecule is c1ccc(N(c2ccccc2)c2ccc3c4cc5c(cc4n4c6ccccc6c2c34)c2cc(-n3c4ccccc4c4ccccc43)cc3c4ccccc4n5c32)cc1. The summed E-state index contributed by atoms with van der Waals surface area (Å²) in [5.74, 6) is 0. The van der Waals surface area contributed by atoms with Gasteiger partial charge in [0.1, 0.15) is 0 Å². The van der Waals surface area contributed by atoms with Crippen LogP contribution in [0, 0.1) is 0 Å². The molecule has 9 aromatic carbocycles. The second kappa shape index (κ2) is 10.9. The minimum atomic E-state index is 1.13. The Morgan fingerprint density at radius 1 is 0.293 bits per heavy atom. The molecule has 14 aromatic rings. The van der Waals surface area contributed by atoms with Gasteiger partial charge >= 0.3 is 0 Å². The van der Waals surface area contributed by atoms with Crippen molar-refractivity contribution in [2.75, 3.05) is 4.90 Å². The average molecular weight is 737 g/mol. The summed E-state index contributed by atoms with van der Waals surface area (Å²) in [5.41, 5.74) is 14.5. The van der Waals surface area contributed by atoms with E-state index in [9.17, 15) is 0 Å². The molecule has 0 aliphatic rings. The number of fused-ring (bicyclic) bond motifs is 15. The first-order valence-corrected chi connectivity index (χ1v) is 20.0. The molecule has 0 amide bonds. The standard InChI is InChI=1S/C54H32N4/c1-3-15-33(16-4-1)55(34-17-5-2-6-18-34)49-28-27-39-41-31-51-42(32-50(41)58-48-26-14-10-22-40(48)52(49)54(39)58)44-30-35(29-43-38-21-9-13-25-47(38)57(51)53(43)44)56-45-23-11-7-19-36(45)37-20-8-12-24-46(37)56/h1-32H. The zero-order chi connectivity index (χ0) is 37.6. The van der Waals surface area contributed by atoms with Crippen LogP contribution in [0.1, 0.15) is 0 Å². The van der Waals surface area contributed by atoms with E-state index >= 15 is 0 Å². The van der Waals surface area contributed by atoms with Crippen LogP contribution in [-0.2, 0) is 0 Å². The van der Waals surface area contributed by atoms with Crippen molar-refractivity contribution in [3.63, 3.8) is 0 Å². The second-order valence-corrected chi connectivity index (χ2v) is 15.7. The van der Waals surface area contributed by atoms with E-state index in [1.165, 1.54) is 109 Å². The fourth-order valence-corrected chi connectivity index (χ4v) is 10.6. The Kier molecular flexibility index (Phi) is 5.73. The zero-order valence-electron chi connectivity index (χ0n) is 31.3. The lowest BCUT2D eigenvalue weighted by molar-refractivity contribution is 1.19. The third-order valence-corrected chi connectivity index (χ3v) is 12.8. The maximum absolute atomic E-state index is 2.53. The molecule has 0 N–H and O–H groups in total. The molecule has 14 rings (SSSR count). The largest absolute Gasteiger partial charge is 0.310 e. The van der Waals surface area contributed by atoms with Gasteiger partial charge in [0, 0.05) is 70.9 Å². The van der Waals surface area contributed by atoms with E-state index < -0.39 is 0 Å². The summed E-state index contributed by atoms with van der Waals surface area (Å²) in [6, 6.07) is 71.5. The maximum Gasteiger partial charge on any atom is 0.0641 e. The molecule has 0 saturated heterocycles. The van der Waals surface area contributed by atoms with Gasteiger partial charge in [0.05, 0.1) is 49.8 Å². The van der Waals surface area contributed by atoms with E-state index in [1.54, 1.807) is 0 Å². The van der Waals surface area contributed by atoms with Crippen LogP contribution < -0.4 is 4.90 Å². The van der Waals surface area contributed by atoms with Gasteiger partial charge in [-0.2, -0.15) is 0 Å². The van der Waals surface area contributed by atoms with Gasteiger partial charge in [-0.05, 0) is 78.9 Å². The normalized spacial score (nSPS) is 12.5. The number of hydrogen-bond acceptors (Lipinski definition) is 1. The minimum Gasteiger partial charge on any atom is -0.310 e. The lowest BCUT2D eigenvalue weighted by atomic mass is 10.0. The molecule has 0 aliphatic carbocycles. The van der Waals surface area contributed by atoms with Crippen LogP contribution in [0.5, 0.6) is 0 Å². The summed E-state index contributed by atoms with van der Waals surface area (Å²) < 4.78 is 7.52. The molecule has 58 heavy (non-hydrogen) atoms. The zero-order valence-corrected chi connectivity index (χ0v) is 31.3. The van der Waals surface area contributed by atoms with Gasteiger partial charge in [-0.25, -0.2) is 0 Å². The molecule has 268 valence electrons. The molecule has 4 heteroatoms. The monoisotopic (exact) mass is 736 g/mol. The summed E-state index contributed by atoms with van der Waals surface area (Å²) in [6.07, 6.45) is 0. The third kappa shape index (κ3) is 3.75. The Hall–Kier alpha value is -7.82. The van der Waals surface area contributed by atoms with Crippen LogP contribution in [0.4, 0.5) is 17.1 Å². The van der Waals surface area contributed by atoms with Gasteiger partial charge in [-0.15, -0.1) is 0 Å². The number of aromatic nitrogens is 3. The molecular formula is C54H32N4. The molecule has 0 spiro atoms. The number of benzene rings is 9. The quantitative estimate of drug-likeness (QED) is 0.176. The topological polar surface area (TPSA) is 17.0 Å². The Morgan fingerprint density at radius 2 is 0.741 bits per heavy atom. The third-order valence-electron chi connectivity index (χ3n) is 12.8. The summed E-state index contributed by atoms with van der Waals surface area (Å²) >= 11 is 0. The molecular weight excluding hydrogens is 705 g/mol. The highest BCUT2D eigenvalue weighted by Gasteiger charge is 2.26. The molecule has 5 heterocycles. The van der Waals surface area contributed by atoms with Crippen molar-refractivity contribution < 1.29 is 0 Å². The fourth-order valence-electron chi connectivity index (χ4n) is 10.6. The summed E-state index contributed by atoms with van der Waals surface area (Å²) in [4.78, 5) is 2.41. The summed E-state index contributed by atoms with van der Waals surface area (Å²) in [5, 5.41) is 12.7. The number of rotatable bonds is 4. The fraction of sp³-hybridized carbons (Fsp3) is 0. The van der Waals surface area contributed by atoms with Crippen molar-refractivity contribution >= 4 is 115 Å². The highest BCUT2D eigenvalue weighted by Crippen LogP contribution is 2.49. The molecule has 0 saturated carbocycles. The Labute approximate surface area is 331 Å². The number of para-hydroxylation sites is 6. The van der Waals surface area contributed by atoms with E-state index in [-0.39, 0.29) is 0 Å². The number of anilines is 3. The molecule has 0 atom stereocenters. The molecule has 5 aromatic heterocycles. The first-order chi connectivity index (χ1) is 28.8. The summed E-state index contributed by atoms with van der Waals surface area (Å²) in [7, 11) is 0. The van der Waals surface area contributed by atoms with Crippen LogP contribution in [0.15, 0.2) is 194 Å². The van der Waals surface area contributed by atoms with Crippen molar-refractivity contribution in [1.82, 2.24) is 13.4 Å². The van der Waals surface area contributed by atoms with Crippen molar-refractivity contribution in [2.24, 2.45) is 0 Å². The van der Waals surface area contributed by atoms with Gasteiger partial charge in [0.2, 0.25) is 0 Å². The predicted molar refractivity (Wildman–Crippen MR) is 245 cm³/mol. The van der Waals surface area contributed by atoms with Gasteiger partial charge < -0.3 is 18.3 Å². The van der Waals surface area contributed by atoms with Crippen LogP contribution in [0.2, 0.25) is 0 Å². The van der Waals surface area contributed by atoms with Gasteiger partial charge in [0.25, 0.3) is 0 Å². The second-order valence-electron chi connectivity index (χ2n) is 15.7. The van der Waals surface area contributed by atoms with Crippen molar-refractivity contribution in [2.45, 2.75) is 0 Å². The lowest BCUT2D eigenvalue weighted by Crippen LogP contribution is -2.10. The minimum absolute atomic E-state index is 1.13. The van der Waals surface area contributed by atoms with Crippen LogP contribution in [0.3, 0.4) is 0 Å². The smallest absolute Gasteiger partial charge is 0.0641 e. The molecule has 4 nitrogen and oxygen atoms in total. The van der Waals surface area contributed by atoms with E-state index in [2.05, 4.69) is 212 Å². The van der Waals surface area contributed by atoms with Crippen LogP contribution in [-0.4, -0.2) is 13.4 Å². The summed E-state index contributed by atoms with van der Waals surface area (Å²) in [6.45, 7) is 0. The van der Waals surface area contributed by atoms with Gasteiger partial charge in [0.15, 0.2) is 0 Å². The van der Waals surface area contributed by atoms with Crippen molar-refractivity contribution in [3.05, 3.63) is 194 Å². The van der Waals surface area contributed by atoms with E-state index in [1.807, 2.05) is 0 Å².